The molecular formula is C16H21NO3. The van der Waals surface area contributed by atoms with E-state index in [1.165, 1.54) is 0 Å². The van der Waals surface area contributed by atoms with E-state index in [1.807, 2.05) is 25.1 Å². The van der Waals surface area contributed by atoms with E-state index in [4.69, 9.17) is 4.74 Å². The quantitative estimate of drug-likeness (QED) is 0.815. The van der Waals surface area contributed by atoms with Crippen LogP contribution >= 0.6 is 0 Å². The van der Waals surface area contributed by atoms with Gasteiger partial charge in [0.25, 0.3) is 0 Å². The molecule has 0 heterocycles. The van der Waals surface area contributed by atoms with Gasteiger partial charge in [0.05, 0.1) is 13.2 Å². The molecule has 0 fully saturated rings. The molecule has 0 radical (unpaired) electrons. The Labute approximate surface area is 120 Å². The number of hydrogen-bond acceptors (Lipinski definition) is 3. The van der Waals surface area contributed by atoms with Crippen LogP contribution in [0, 0.1) is 18.8 Å². The van der Waals surface area contributed by atoms with Gasteiger partial charge in [-0.15, -0.1) is 0 Å². The molecule has 0 aliphatic rings. The number of benzene rings is 1. The number of rotatable bonds is 2. The molecule has 0 bridgehead atoms. The molecule has 0 aliphatic carbocycles. The second-order valence-electron chi connectivity index (χ2n) is 5.46. The summed E-state index contributed by atoms with van der Waals surface area (Å²) in [5, 5.41) is 11.7. The number of nitrogens with one attached hydrogen (secondary N) is 1. The van der Waals surface area contributed by atoms with E-state index in [0.29, 0.717) is 0 Å². The molecule has 0 saturated heterocycles. The predicted octanol–water partition coefficient (Wildman–Crippen LogP) is 2.36. The fourth-order valence-electron chi connectivity index (χ4n) is 1.50. The first-order valence-electron chi connectivity index (χ1n) is 6.48. The summed E-state index contributed by atoms with van der Waals surface area (Å²) >= 11 is 0. The van der Waals surface area contributed by atoms with Crippen molar-refractivity contribution in [3.63, 3.8) is 0 Å². The average molecular weight is 275 g/mol. The summed E-state index contributed by atoms with van der Waals surface area (Å²) in [7, 11) is 0. The Balaban J connectivity index is 2.53. The molecule has 0 spiro atoms. The van der Waals surface area contributed by atoms with Crippen molar-refractivity contribution in [2.24, 2.45) is 0 Å². The lowest BCUT2D eigenvalue weighted by atomic mass is 10.1. The number of hydrogen-bond donors (Lipinski definition) is 2. The fraction of sp³-hybridized carbons (Fsp3) is 0.438. The largest absolute Gasteiger partial charge is 0.444 e. The summed E-state index contributed by atoms with van der Waals surface area (Å²) in [6.07, 6.45) is -0.480. The Morgan fingerprint density at radius 3 is 2.70 bits per heavy atom. The van der Waals surface area contributed by atoms with Crippen molar-refractivity contribution in [2.75, 3.05) is 6.54 Å². The van der Waals surface area contributed by atoms with Gasteiger partial charge in [-0.25, -0.2) is 4.79 Å². The minimum Gasteiger partial charge on any atom is -0.444 e. The van der Waals surface area contributed by atoms with E-state index < -0.39 is 11.7 Å². The Morgan fingerprint density at radius 1 is 1.40 bits per heavy atom. The van der Waals surface area contributed by atoms with Crippen LogP contribution in [0.25, 0.3) is 0 Å². The average Bonchev–Trinajstić information content (AvgIpc) is 2.34. The molecule has 0 saturated carbocycles. The van der Waals surface area contributed by atoms with Crippen LogP contribution in [0.15, 0.2) is 18.2 Å². The molecule has 1 amide bonds. The molecule has 0 aromatic heterocycles. The highest BCUT2D eigenvalue weighted by atomic mass is 16.6. The summed E-state index contributed by atoms with van der Waals surface area (Å²) in [6.45, 7) is 7.57. The molecular weight excluding hydrogens is 254 g/mol. The van der Waals surface area contributed by atoms with Crippen LogP contribution in [0.3, 0.4) is 0 Å². The zero-order valence-electron chi connectivity index (χ0n) is 12.4. The topological polar surface area (TPSA) is 58.6 Å². The van der Waals surface area contributed by atoms with Crippen LogP contribution in [-0.2, 0) is 11.3 Å². The van der Waals surface area contributed by atoms with Crippen LogP contribution in [0.1, 0.15) is 37.5 Å². The fourth-order valence-corrected chi connectivity index (χ4v) is 1.50. The van der Waals surface area contributed by atoms with E-state index in [2.05, 4.69) is 17.2 Å². The molecule has 1 aromatic carbocycles. The van der Waals surface area contributed by atoms with Gasteiger partial charge < -0.3 is 15.2 Å². The standard InChI is InChI=1S/C16H21NO3/c1-12-7-8-13(10-14(12)11-18)6-5-9-17-15(19)20-16(2,3)4/h7-8,10,18H,9,11H2,1-4H3,(H,17,19). The molecule has 1 rings (SSSR count). The molecule has 0 unspecified atom stereocenters. The molecule has 4 heteroatoms. The second kappa shape index (κ2) is 6.97. The molecule has 1 aromatic rings. The lowest BCUT2D eigenvalue weighted by Crippen LogP contribution is -2.32. The van der Waals surface area contributed by atoms with Crippen molar-refractivity contribution < 1.29 is 14.6 Å². The highest BCUT2D eigenvalue weighted by Gasteiger charge is 2.14. The van der Waals surface area contributed by atoms with Crippen LogP contribution in [0.4, 0.5) is 4.79 Å². The number of aliphatic hydroxyl groups is 1. The lowest BCUT2D eigenvalue weighted by molar-refractivity contribution is 0.0535. The normalized spacial score (nSPS) is 10.4. The third kappa shape index (κ3) is 5.77. The van der Waals surface area contributed by atoms with E-state index in [-0.39, 0.29) is 13.2 Å². The SMILES string of the molecule is Cc1ccc(C#CCNC(=O)OC(C)(C)C)cc1CO. The number of carbonyl (C=O) groups excluding carboxylic acids is 1. The smallest absolute Gasteiger partial charge is 0.408 e. The predicted molar refractivity (Wildman–Crippen MR) is 78.2 cm³/mol. The van der Waals surface area contributed by atoms with Gasteiger partial charge in [0, 0.05) is 5.56 Å². The third-order valence-corrected chi connectivity index (χ3v) is 2.47. The van der Waals surface area contributed by atoms with Crippen LogP contribution in [0.5, 0.6) is 0 Å². The van der Waals surface area contributed by atoms with Crippen LogP contribution in [-0.4, -0.2) is 23.3 Å². The lowest BCUT2D eigenvalue weighted by Gasteiger charge is -2.19. The first kappa shape index (κ1) is 16.1. The molecule has 0 aliphatic heterocycles. The summed E-state index contributed by atoms with van der Waals surface area (Å²) in [6, 6.07) is 5.64. The molecule has 20 heavy (non-hydrogen) atoms. The van der Waals surface area contributed by atoms with Gasteiger partial charge in [0.1, 0.15) is 5.60 Å². The number of aliphatic hydroxyl groups excluding tert-OH is 1. The Morgan fingerprint density at radius 2 is 2.10 bits per heavy atom. The van der Waals surface area contributed by atoms with Gasteiger partial charge in [-0.1, -0.05) is 17.9 Å². The zero-order chi connectivity index (χ0) is 15.2. The van der Waals surface area contributed by atoms with Crippen molar-refractivity contribution in [2.45, 2.75) is 39.9 Å². The van der Waals surface area contributed by atoms with Crippen LogP contribution in [0.2, 0.25) is 0 Å². The van der Waals surface area contributed by atoms with Gasteiger partial charge in [0.15, 0.2) is 0 Å². The zero-order valence-corrected chi connectivity index (χ0v) is 12.4. The van der Waals surface area contributed by atoms with Crippen molar-refractivity contribution in [3.8, 4) is 11.8 Å². The van der Waals surface area contributed by atoms with E-state index >= 15 is 0 Å². The second-order valence-corrected chi connectivity index (χ2v) is 5.46. The number of carbonyl (C=O) groups is 1. The summed E-state index contributed by atoms with van der Waals surface area (Å²) in [5.41, 5.74) is 2.19. The Hall–Kier alpha value is -1.99. The molecule has 4 nitrogen and oxygen atoms in total. The highest BCUT2D eigenvalue weighted by molar-refractivity contribution is 5.68. The van der Waals surface area contributed by atoms with Crippen molar-refractivity contribution in [1.82, 2.24) is 5.32 Å². The maximum atomic E-state index is 11.4. The van der Waals surface area contributed by atoms with E-state index in [9.17, 15) is 9.90 Å². The van der Waals surface area contributed by atoms with Gasteiger partial charge in [0.2, 0.25) is 0 Å². The van der Waals surface area contributed by atoms with Gasteiger partial charge in [-0.3, -0.25) is 0 Å². The summed E-state index contributed by atoms with van der Waals surface area (Å²) in [4.78, 5) is 11.4. The molecule has 0 atom stereocenters. The van der Waals surface area contributed by atoms with Gasteiger partial charge >= 0.3 is 6.09 Å². The Kier molecular flexibility index (Phi) is 5.60. The minimum atomic E-state index is -0.509. The number of amides is 1. The summed E-state index contributed by atoms with van der Waals surface area (Å²) in [5.74, 6) is 5.78. The maximum Gasteiger partial charge on any atom is 0.408 e. The first-order valence-corrected chi connectivity index (χ1v) is 6.48. The third-order valence-electron chi connectivity index (χ3n) is 2.47. The van der Waals surface area contributed by atoms with Gasteiger partial charge in [-0.2, -0.15) is 0 Å². The molecule has 108 valence electrons. The molecule has 2 N–H and O–H groups in total. The monoisotopic (exact) mass is 275 g/mol. The number of ether oxygens (including phenoxy) is 1. The minimum absolute atomic E-state index is 0.00247. The first-order chi connectivity index (χ1) is 9.31. The maximum absolute atomic E-state index is 11.4. The van der Waals surface area contributed by atoms with Crippen molar-refractivity contribution in [1.29, 1.82) is 0 Å². The highest BCUT2D eigenvalue weighted by Crippen LogP contribution is 2.10. The Bertz CT molecular complexity index is 533. The van der Waals surface area contributed by atoms with E-state index in [0.717, 1.165) is 16.7 Å². The number of aryl methyl sites for hydroxylation is 1. The number of alkyl carbamates (subject to hydrolysis) is 1. The van der Waals surface area contributed by atoms with Crippen molar-refractivity contribution >= 4 is 6.09 Å². The van der Waals surface area contributed by atoms with Crippen molar-refractivity contribution in [3.05, 3.63) is 34.9 Å². The van der Waals surface area contributed by atoms with E-state index in [1.54, 1.807) is 20.8 Å². The van der Waals surface area contributed by atoms with Crippen LogP contribution < -0.4 is 5.32 Å². The summed E-state index contributed by atoms with van der Waals surface area (Å²) < 4.78 is 5.09. The van der Waals surface area contributed by atoms with Gasteiger partial charge in [-0.05, 0) is 51.0 Å².